The summed E-state index contributed by atoms with van der Waals surface area (Å²) >= 11 is 0. The Morgan fingerprint density at radius 3 is 2.80 bits per heavy atom. The van der Waals surface area contributed by atoms with E-state index >= 15 is 0 Å². The van der Waals surface area contributed by atoms with Crippen LogP contribution in [0.4, 0.5) is 36.3 Å². The number of hydrogen-bond acceptors (Lipinski definition) is 7. The maximum atomic E-state index is 13.3. The molecule has 1 atom stereocenters. The third-order valence-corrected chi connectivity index (χ3v) is 4.53. The van der Waals surface area contributed by atoms with Crippen molar-refractivity contribution in [1.82, 2.24) is 9.97 Å². The fraction of sp³-hybridized carbons (Fsp3) is 0.263. The van der Waals surface area contributed by atoms with E-state index in [0.717, 1.165) is 5.56 Å². The predicted octanol–water partition coefficient (Wildman–Crippen LogP) is 3.02. The Bertz CT molecular complexity index is 1070. The van der Waals surface area contributed by atoms with Crippen LogP contribution in [0.3, 0.4) is 0 Å². The van der Waals surface area contributed by atoms with Crippen LogP contribution >= 0.6 is 0 Å². The minimum atomic E-state index is -4.69. The van der Waals surface area contributed by atoms with Gasteiger partial charge in [0.25, 0.3) is 0 Å². The van der Waals surface area contributed by atoms with E-state index in [0.29, 0.717) is 23.3 Å². The number of anilines is 4. The average molecular weight is 419 g/mol. The van der Waals surface area contributed by atoms with Crippen molar-refractivity contribution in [1.29, 1.82) is 0 Å². The molecule has 0 bridgehead atoms. The molecule has 1 aromatic carbocycles. The number of carbonyl (C=O) groups excluding carboxylic acids is 2. The average Bonchev–Trinajstić information content (AvgIpc) is 3.18. The number of ether oxygens (including phenoxy) is 1. The van der Waals surface area contributed by atoms with E-state index in [1.54, 1.807) is 25.1 Å². The van der Waals surface area contributed by atoms with Gasteiger partial charge in [-0.3, -0.25) is 9.59 Å². The van der Waals surface area contributed by atoms with Crippen LogP contribution in [0.2, 0.25) is 0 Å². The van der Waals surface area contributed by atoms with E-state index in [4.69, 9.17) is 4.74 Å². The molecule has 0 radical (unpaired) electrons. The van der Waals surface area contributed by atoms with Crippen LogP contribution in [0, 0.1) is 0 Å². The lowest BCUT2D eigenvalue weighted by molar-refractivity contribution is -0.137. The molecule has 2 aliphatic heterocycles. The zero-order valence-electron chi connectivity index (χ0n) is 15.6. The third kappa shape index (κ3) is 4.04. The number of nitrogens with zero attached hydrogens (tertiary/aromatic N) is 2. The van der Waals surface area contributed by atoms with E-state index < -0.39 is 23.7 Å². The number of allylic oxidation sites excluding steroid dienone is 1. The molecule has 2 aliphatic rings. The first kappa shape index (κ1) is 19.7. The van der Waals surface area contributed by atoms with Gasteiger partial charge in [0.2, 0.25) is 17.6 Å². The van der Waals surface area contributed by atoms with Gasteiger partial charge >= 0.3 is 6.18 Å². The van der Waals surface area contributed by atoms with Gasteiger partial charge in [-0.05, 0) is 30.7 Å². The number of halogens is 3. The van der Waals surface area contributed by atoms with Gasteiger partial charge in [0.15, 0.2) is 6.10 Å². The van der Waals surface area contributed by atoms with Crippen LogP contribution in [0.15, 0.2) is 36.2 Å². The maximum absolute atomic E-state index is 13.3. The second-order valence-corrected chi connectivity index (χ2v) is 6.82. The van der Waals surface area contributed by atoms with E-state index in [1.807, 2.05) is 0 Å². The van der Waals surface area contributed by atoms with E-state index in [-0.39, 0.29) is 30.6 Å². The van der Waals surface area contributed by atoms with Gasteiger partial charge in [0.05, 0.1) is 18.7 Å². The zero-order chi connectivity index (χ0) is 21.5. The highest BCUT2D eigenvalue weighted by Gasteiger charge is 2.36. The van der Waals surface area contributed by atoms with Crippen LogP contribution in [0.25, 0.3) is 0 Å². The zero-order valence-corrected chi connectivity index (χ0v) is 15.6. The molecule has 8 nitrogen and oxygen atoms in total. The highest BCUT2D eigenvalue weighted by Crippen LogP contribution is 2.34. The van der Waals surface area contributed by atoms with Crippen molar-refractivity contribution in [2.24, 2.45) is 0 Å². The number of ketones is 1. The van der Waals surface area contributed by atoms with Crippen LogP contribution in [0.1, 0.15) is 18.1 Å². The molecule has 30 heavy (non-hydrogen) atoms. The molecule has 11 heteroatoms. The topological polar surface area (TPSA) is 105 Å². The minimum absolute atomic E-state index is 0.0734. The molecule has 1 unspecified atom stereocenters. The molecule has 0 saturated heterocycles. The molecular weight excluding hydrogens is 403 g/mol. The number of alkyl halides is 3. The molecule has 3 heterocycles. The van der Waals surface area contributed by atoms with Gasteiger partial charge in [-0.1, -0.05) is 0 Å². The Hall–Kier alpha value is -3.63. The van der Waals surface area contributed by atoms with Gasteiger partial charge in [-0.25, -0.2) is 4.98 Å². The predicted molar refractivity (Wildman–Crippen MR) is 101 cm³/mol. The summed E-state index contributed by atoms with van der Waals surface area (Å²) in [5.41, 5.74) is 0.901. The quantitative estimate of drug-likeness (QED) is 0.684. The van der Waals surface area contributed by atoms with E-state index in [1.165, 1.54) is 6.08 Å². The van der Waals surface area contributed by atoms with Gasteiger partial charge in [-0.15, -0.1) is 0 Å². The Kier molecular flexibility index (Phi) is 4.80. The van der Waals surface area contributed by atoms with E-state index in [9.17, 15) is 22.8 Å². The molecule has 1 amide bonds. The van der Waals surface area contributed by atoms with E-state index in [2.05, 4.69) is 25.9 Å². The first-order valence-electron chi connectivity index (χ1n) is 8.96. The normalized spacial score (nSPS) is 17.9. The highest BCUT2D eigenvalue weighted by molar-refractivity contribution is 5.99. The summed E-state index contributed by atoms with van der Waals surface area (Å²) < 4.78 is 45.3. The summed E-state index contributed by atoms with van der Waals surface area (Å²) in [6.45, 7) is 1.41. The molecule has 0 saturated carbocycles. The fourth-order valence-corrected chi connectivity index (χ4v) is 3.16. The number of hydrogen-bond donors (Lipinski definition) is 3. The summed E-state index contributed by atoms with van der Waals surface area (Å²) in [6, 6.07) is 5.03. The first-order valence-corrected chi connectivity index (χ1v) is 8.96. The molecule has 4 rings (SSSR count). The van der Waals surface area contributed by atoms with Crippen molar-refractivity contribution in [2.45, 2.75) is 25.6 Å². The highest BCUT2D eigenvalue weighted by atomic mass is 19.4. The number of rotatable bonds is 5. The van der Waals surface area contributed by atoms with Crippen molar-refractivity contribution in [3.8, 4) is 0 Å². The summed E-state index contributed by atoms with van der Waals surface area (Å²) in [5.74, 6) is -0.609. The van der Waals surface area contributed by atoms with Crippen LogP contribution in [-0.4, -0.2) is 34.3 Å². The Morgan fingerprint density at radius 2 is 2.10 bits per heavy atom. The minimum Gasteiger partial charge on any atom is -0.485 e. The van der Waals surface area contributed by atoms with Crippen molar-refractivity contribution < 1.29 is 27.5 Å². The number of nitrogens with one attached hydrogen (secondary N) is 3. The second-order valence-electron chi connectivity index (χ2n) is 6.82. The number of amides is 1. The summed E-state index contributed by atoms with van der Waals surface area (Å²) in [4.78, 5) is 30.9. The third-order valence-electron chi connectivity index (χ3n) is 4.53. The SMILES string of the molecule is CC1=CC(=O)C(CNc2nc(Nc3ccc4c(c3)CC(=O)N4)ncc2C(F)(F)F)O1. The lowest BCUT2D eigenvalue weighted by Gasteiger charge is -2.17. The van der Waals surface area contributed by atoms with Crippen molar-refractivity contribution >= 4 is 34.8 Å². The van der Waals surface area contributed by atoms with Crippen molar-refractivity contribution in [3.63, 3.8) is 0 Å². The molecule has 2 aromatic rings. The fourth-order valence-electron chi connectivity index (χ4n) is 3.16. The Labute approximate surface area is 168 Å². The van der Waals surface area contributed by atoms with Crippen LogP contribution < -0.4 is 16.0 Å². The van der Waals surface area contributed by atoms with Crippen molar-refractivity contribution in [2.75, 3.05) is 22.5 Å². The standard InChI is InChI=1S/C19H16F3N5O3/c1-9-4-14(28)15(30-9)8-23-17-12(19(20,21)22)7-24-18(27-17)25-11-2-3-13-10(5-11)6-16(29)26-13/h2-5,7,15H,6,8H2,1H3,(H,26,29)(H2,23,24,25,27). The summed E-state index contributed by atoms with van der Waals surface area (Å²) in [5, 5.41) is 8.07. The molecule has 1 aromatic heterocycles. The lowest BCUT2D eigenvalue weighted by Crippen LogP contribution is -2.27. The van der Waals surface area contributed by atoms with Crippen molar-refractivity contribution in [3.05, 3.63) is 47.4 Å². The second kappa shape index (κ2) is 7.32. The largest absolute Gasteiger partial charge is 0.485 e. The van der Waals surface area contributed by atoms with Gasteiger partial charge in [0, 0.05) is 23.6 Å². The number of aromatic nitrogens is 2. The number of carbonyl (C=O) groups is 2. The molecular formula is C19H16F3N5O3. The molecule has 0 spiro atoms. The number of benzene rings is 1. The molecule has 0 aliphatic carbocycles. The van der Waals surface area contributed by atoms with Crippen LogP contribution in [0.5, 0.6) is 0 Å². The van der Waals surface area contributed by atoms with Gasteiger partial charge in [0.1, 0.15) is 11.4 Å². The first-order chi connectivity index (χ1) is 14.2. The van der Waals surface area contributed by atoms with Crippen LogP contribution in [-0.2, 0) is 26.9 Å². The molecule has 3 N–H and O–H groups in total. The lowest BCUT2D eigenvalue weighted by atomic mass is 10.1. The smallest absolute Gasteiger partial charge is 0.421 e. The monoisotopic (exact) mass is 419 g/mol. The summed E-state index contributed by atoms with van der Waals surface area (Å²) in [6.07, 6.45) is -3.43. The maximum Gasteiger partial charge on any atom is 0.421 e. The molecule has 156 valence electrons. The Morgan fingerprint density at radius 1 is 1.30 bits per heavy atom. The van der Waals surface area contributed by atoms with Gasteiger partial charge < -0.3 is 20.7 Å². The number of fused-ring (bicyclic) bond motifs is 1. The molecule has 0 fully saturated rings. The summed E-state index contributed by atoms with van der Waals surface area (Å²) in [7, 11) is 0. The van der Waals surface area contributed by atoms with Gasteiger partial charge in [-0.2, -0.15) is 18.2 Å². The Balaban J connectivity index is 1.55.